The predicted molar refractivity (Wildman–Crippen MR) is 178 cm³/mol. The molecule has 5 aromatic carbocycles. The Hall–Kier alpha value is -5.62. The quantitative estimate of drug-likeness (QED) is 0.0442. The van der Waals surface area contributed by atoms with Crippen LogP contribution in [0.4, 0.5) is 51.2 Å². The van der Waals surface area contributed by atoms with E-state index in [-0.39, 0.29) is 70.5 Å². The summed E-state index contributed by atoms with van der Waals surface area (Å²) in [6, 6.07) is 8.56. The van der Waals surface area contributed by atoms with Gasteiger partial charge in [-0.1, -0.05) is 5.75 Å². The molecule has 0 atom stereocenters. The molecule has 0 spiro atoms. The van der Waals surface area contributed by atoms with Crippen LogP contribution in [-0.4, -0.2) is 50.9 Å². The van der Waals surface area contributed by atoms with Gasteiger partial charge in [0.1, 0.15) is 22.0 Å². The maximum Gasteiger partial charge on any atom is 1.00 e. The van der Waals surface area contributed by atoms with E-state index in [0.717, 1.165) is 18.2 Å². The maximum atomic E-state index is 12.7. The first-order valence-corrected chi connectivity index (χ1v) is 17.0. The van der Waals surface area contributed by atoms with Gasteiger partial charge in [0.15, 0.2) is 5.75 Å². The molecule has 29 heteroatoms. The number of nitrogens with zero attached hydrogens (tertiary/aromatic N) is 9. The molecule has 4 N–H and O–H groups in total. The summed E-state index contributed by atoms with van der Waals surface area (Å²) in [7, 11) is -10.6. The van der Waals surface area contributed by atoms with E-state index in [4.69, 9.17) is 0 Å². The molecule has 0 saturated carbocycles. The number of nitro benzene ring substituents is 3. The molecule has 25 nitrogen and oxygen atoms in total. The number of nitro groups is 3. The van der Waals surface area contributed by atoms with Crippen LogP contribution >= 0.6 is 0 Å². The van der Waals surface area contributed by atoms with Crippen LogP contribution in [0.3, 0.4) is 0 Å². The van der Waals surface area contributed by atoms with E-state index in [2.05, 4.69) is 30.7 Å². The van der Waals surface area contributed by atoms with Gasteiger partial charge in [-0.2, -0.15) is 32.2 Å². The van der Waals surface area contributed by atoms with Crippen molar-refractivity contribution in [2.24, 2.45) is 30.7 Å². The number of azo groups is 3. The fourth-order valence-corrected chi connectivity index (χ4v) is 5.72. The number of rotatable bonds is 11. The standard InChI is InChI=1S/C28H17N9O16S2.2Na/c38-22-11-23(39)18(10-17(22)30-29-13-1-3-14(4-2-13)35(42)43)31-32-19-9-16(54(48,49)50)5-12-6-24(55(51,52)53)26(28(41)25(12)19)34-33-20-7-15(36(44)45)8-21(27(20)40)37(46)47;;/h1-11,38-41H,(H,48,49,50)(H,51,52,53);;/q;2*+1/p-2. The maximum absolute atomic E-state index is 12.7. The molecule has 0 amide bonds. The van der Waals surface area contributed by atoms with Crippen molar-refractivity contribution in [2.75, 3.05) is 0 Å². The van der Waals surface area contributed by atoms with E-state index in [1.54, 1.807) is 0 Å². The molecule has 282 valence electrons. The molecule has 5 rings (SSSR count). The van der Waals surface area contributed by atoms with Crippen molar-refractivity contribution in [1.82, 2.24) is 0 Å². The van der Waals surface area contributed by atoms with Gasteiger partial charge in [-0.05, 0) is 47.9 Å². The molecule has 0 radical (unpaired) electrons. The Balaban J connectivity index is 0.00000435. The molecular formula is C28H15N9Na2O16S2. The molecule has 0 aliphatic heterocycles. The molecule has 0 unspecified atom stereocenters. The minimum absolute atomic E-state index is 0. The third kappa shape index (κ3) is 10.2. The van der Waals surface area contributed by atoms with Gasteiger partial charge in [-0.15, -0.1) is 15.3 Å². The van der Waals surface area contributed by atoms with Gasteiger partial charge in [0.05, 0.1) is 53.9 Å². The number of phenols is 2. The van der Waals surface area contributed by atoms with Gasteiger partial charge in [0, 0.05) is 23.9 Å². The van der Waals surface area contributed by atoms with Crippen LogP contribution in [0.5, 0.6) is 23.0 Å². The van der Waals surface area contributed by atoms with E-state index in [0.29, 0.717) is 36.4 Å². The predicted octanol–water partition coefficient (Wildman–Crippen LogP) is -0.130. The number of hydrogen-bond acceptors (Lipinski definition) is 20. The molecular weight excluding hydrogens is 828 g/mol. The van der Waals surface area contributed by atoms with Gasteiger partial charge in [0.2, 0.25) is 0 Å². The second-order valence-corrected chi connectivity index (χ2v) is 13.4. The van der Waals surface area contributed by atoms with Gasteiger partial charge in [-0.3, -0.25) is 39.4 Å². The molecule has 0 fully saturated rings. The number of benzene rings is 5. The number of hydrogen-bond donors (Lipinski definition) is 4. The molecule has 0 aromatic heterocycles. The Bertz CT molecular complexity index is 2810. The van der Waals surface area contributed by atoms with Crippen molar-refractivity contribution >= 4 is 82.2 Å². The van der Waals surface area contributed by atoms with Crippen LogP contribution in [0.2, 0.25) is 0 Å². The molecule has 0 bridgehead atoms. The van der Waals surface area contributed by atoms with E-state index in [1.165, 1.54) is 12.1 Å². The van der Waals surface area contributed by atoms with E-state index in [9.17, 15) is 76.7 Å². The minimum Gasteiger partial charge on any atom is -0.871 e. The van der Waals surface area contributed by atoms with Crippen LogP contribution < -0.4 is 69.3 Å². The third-order valence-corrected chi connectivity index (χ3v) is 8.73. The van der Waals surface area contributed by atoms with Gasteiger partial charge < -0.3 is 20.4 Å². The number of fused-ring (bicyclic) bond motifs is 1. The summed E-state index contributed by atoms with van der Waals surface area (Å²) in [4.78, 5) is 28.1. The van der Waals surface area contributed by atoms with Gasteiger partial charge in [-0.25, -0.2) is 0 Å². The first-order chi connectivity index (χ1) is 25.6. The second-order valence-electron chi connectivity index (χ2n) is 10.6. The van der Waals surface area contributed by atoms with Crippen molar-refractivity contribution < 1.29 is 120 Å². The zero-order valence-electron chi connectivity index (χ0n) is 28.4. The Labute approximate surface area is 360 Å². The normalized spacial score (nSPS) is 11.8. The minimum atomic E-state index is -5.46. The second kappa shape index (κ2) is 17.7. The Morgan fingerprint density at radius 2 is 1.16 bits per heavy atom. The summed E-state index contributed by atoms with van der Waals surface area (Å²) in [5.74, 6) is -4.57. The average Bonchev–Trinajstić information content (AvgIpc) is 3.09. The van der Waals surface area contributed by atoms with Crippen LogP contribution in [0.1, 0.15) is 0 Å². The summed E-state index contributed by atoms with van der Waals surface area (Å²) < 4.78 is 68.7. The summed E-state index contributed by atoms with van der Waals surface area (Å²) in [5, 5.41) is 101. The zero-order chi connectivity index (χ0) is 40.6. The summed E-state index contributed by atoms with van der Waals surface area (Å²) >= 11 is 0. The molecule has 57 heavy (non-hydrogen) atoms. The fraction of sp³-hybridized carbons (Fsp3) is 0. The van der Waals surface area contributed by atoms with Gasteiger partial charge >= 0.3 is 59.1 Å². The Morgan fingerprint density at radius 1 is 0.579 bits per heavy atom. The fourth-order valence-electron chi connectivity index (χ4n) is 4.53. The van der Waals surface area contributed by atoms with E-state index < -0.39 is 118 Å². The molecule has 0 saturated heterocycles. The topological polar surface area (TPSA) is 399 Å². The number of aromatic hydroxyl groups is 2. The van der Waals surface area contributed by atoms with Crippen molar-refractivity contribution in [3.8, 4) is 23.0 Å². The first kappa shape index (κ1) is 45.8. The largest absolute Gasteiger partial charge is 1.00 e. The first-order valence-electron chi connectivity index (χ1n) is 14.1. The molecule has 5 aromatic rings. The van der Waals surface area contributed by atoms with Crippen molar-refractivity contribution in [1.29, 1.82) is 0 Å². The zero-order valence-corrected chi connectivity index (χ0v) is 34.0. The van der Waals surface area contributed by atoms with Gasteiger partial charge in [0.25, 0.3) is 37.3 Å². The van der Waals surface area contributed by atoms with Crippen LogP contribution in [0, 0.1) is 30.3 Å². The average molecular weight is 844 g/mol. The van der Waals surface area contributed by atoms with Crippen molar-refractivity contribution in [3.63, 3.8) is 0 Å². The molecule has 0 aliphatic carbocycles. The Kier molecular flexibility index (Phi) is 14.2. The van der Waals surface area contributed by atoms with Crippen LogP contribution in [-0.2, 0) is 20.2 Å². The smallest absolute Gasteiger partial charge is 0.871 e. The summed E-state index contributed by atoms with van der Waals surface area (Å²) in [5.41, 5.74) is -6.61. The SMILES string of the molecule is O=[N+]([O-])c1ccc(N=Nc2cc(N=Nc3cc(S(=O)(=O)O)cc4cc(S(=O)(=O)O)c(N=Nc5cc([N+](=O)[O-])cc([N+](=O)[O-])c5[O-])c(O)c34)c([O-])cc2O)cc1.[Na+].[Na+]. The van der Waals surface area contributed by atoms with E-state index in [1.807, 2.05) is 0 Å². The number of phenolic OH excluding ortho intramolecular Hbond substituents is 2. The number of non-ortho nitro benzene ring substituents is 2. The summed E-state index contributed by atoms with van der Waals surface area (Å²) in [6.07, 6.45) is 0. The van der Waals surface area contributed by atoms with Crippen LogP contribution in [0.15, 0.2) is 107 Å². The van der Waals surface area contributed by atoms with Crippen LogP contribution in [0.25, 0.3) is 10.8 Å². The third-order valence-electron chi connectivity index (χ3n) is 7.03. The Morgan fingerprint density at radius 3 is 1.72 bits per heavy atom. The van der Waals surface area contributed by atoms with E-state index >= 15 is 0 Å². The molecule has 0 heterocycles. The monoisotopic (exact) mass is 843 g/mol. The summed E-state index contributed by atoms with van der Waals surface area (Å²) in [6.45, 7) is 0. The van der Waals surface area contributed by atoms with Crippen molar-refractivity contribution in [2.45, 2.75) is 9.79 Å². The molecule has 0 aliphatic rings. The van der Waals surface area contributed by atoms with Crippen molar-refractivity contribution in [3.05, 3.63) is 97.1 Å².